The highest BCUT2D eigenvalue weighted by atomic mass is 15.4. The molecule has 33 heavy (non-hydrogen) atoms. The highest BCUT2D eigenvalue weighted by Crippen LogP contribution is 2.26. The van der Waals surface area contributed by atoms with Crippen LogP contribution in [0, 0.1) is 0 Å². The second-order valence-electron chi connectivity index (χ2n) is 9.15. The molecule has 0 spiro atoms. The predicted octanol–water partition coefficient (Wildman–Crippen LogP) is 5.25. The van der Waals surface area contributed by atoms with Crippen molar-refractivity contribution in [3.8, 4) is 0 Å². The minimum Gasteiger partial charge on any atom is -0.347 e. The molecule has 172 valence electrons. The molecule has 1 unspecified atom stereocenters. The Kier molecular flexibility index (Phi) is 6.99. The second kappa shape index (κ2) is 10.6. The molecular formula is C27H34N6. The van der Waals surface area contributed by atoms with E-state index in [2.05, 4.69) is 75.8 Å². The molecule has 2 aromatic carbocycles. The van der Waals surface area contributed by atoms with E-state index in [0.717, 1.165) is 44.5 Å². The standard InChI is InChI=1S/C27H34N6/c1-5-13-22(14-6-1)21-24(23-15-7-2-8-16-23)28-25-29-26(32-17-9-3-10-18-32)31-27(30-25)33-19-11-4-12-20-33/h1-2,5-8,13-16,24H,3-4,9-12,17-21H2,(H,28,29,30,31). The van der Waals surface area contributed by atoms with E-state index in [9.17, 15) is 0 Å². The van der Waals surface area contributed by atoms with Crippen LogP contribution in [0.2, 0.25) is 0 Å². The maximum absolute atomic E-state index is 4.93. The van der Waals surface area contributed by atoms with Crippen LogP contribution in [0.15, 0.2) is 60.7 Å². The first-order valence-electron chi connectivity index (χ1n) is 12.5. The third kappa shape index (κ3) is 5.62. The molecule has 1 N–H and O–H groups in total. The molecule has 0 saturated carbocycles. The van der Waals surface area contributed by atoms with Crippen molar-refractivity contribution in [3.63, 3.8) is 0 Å². The van der Waals surface area contributed by atoms with Crippen molar-refractivity contribution in [3.05, 3.63) is 71.8 Å². The molecular weight excluding hydrogens is 408 g/mol. The van der Waals surface area contributed by atoms with Gasteiger partial charge in [-0.05, 0) is 56.1 Å². The van der Waals surface area contributed by atoms with Crippen LogP contribution >= 0.6 is 0 Å². The summed E-state index contributed by atoms with van der Waals surface area (Å²) in [5.74, 6) is 2.31. The Morgan fingerprint density at radius 3 is 1.70 bits per heavy atom. The zero-order valence-corrected chi connectivity index (χ0v) is 19.4. The van der Waals surface area contributed by atoms with E-state index < -0.39 is 0 Å². The topological polar surface area (TPSA) is 57.2 Å². The lowest BCUT2D eigenvalue weighted by molar-refractivity contribution is 0.556. The van der Waals surface area contributed by atoms with Gasteiger partial charge >= 0.3 is 0 Å². The molecule has 6 heteroatoms. The largest absolute Gasteiger partial charge is 0.347 e. The van der Waals surface area contributed by atoms with Crippen LogP contribution in [0.25, 0.3) is 0 Å². The summed E-state index contributed by atoms with van der Waals surface area (Å²) < 4.78 is 0. The van der Waals surface area contributed by atoms with Crippen molar-refractivity contribution >= 4 is 17.8 Å². The van der Waals surface area contributed by atoms with E-state index >= 15 is 0 Å². The molecule has 0 radical (unpaired) electrons. The molecule has 3 aromatic rings. The number of aromatic nitrogens is 3. The molecule has 0 bridgehead atoms. The number of benzene rings is 2. The first-order chi connectivity index (χ1) is 16.3. The van der Waals surface area contributed by atoms with Crippen molar-refractivity contribution in [1.29, 1.82) is 0 Å². The van der Waals surface area contributed by atoms with Gasteiger partial charge in [-0.15, -0.1) is 0 Å². The summed E-state index contributed by atoms with van der Waals surface area (Å²) >= 11 is 0. The average molecular weight is 443 g/mol. The summed E-state index contributed by atoms with van der Waals surface area (Å²) in [5, 5.41) is 3.69. The van der Waals surface area contributed by atoms with E-state index in [1.807, 2.05) is 0 Å². The summed E-state index contributed by atoms with van der Waals surface area (Å²) in [6.07, 6.45) is 8.26. The molecule has 0 amide bonds. The van der Waals surface area contributed by atoms with Gasteiger partial charge in [-0.3, -0.25) is 0 Å². The summed E-state index contributed by atoms with van der Waals surface area (Å²) in [5.41, 5.74) is 2.53. The smallest absolute Gasteiger partial charge is 0.231 e. The normalized spacial score (nSPS) is 17.6. The number of nitrogens with one attached hydrogen (secondary N) is 1. The third-order valence-electron chi connectivity index (χ3n) is 6.68. The lowest BCUT2D eigenvalue weighted by Gasteiger charge is -2.30. The van der Waals surface area contributed by atoms with Crippen LogP contribution < -0.4 is 15.1 Å². The lowest BCUT2D eigenvalue weighted by Crippen LogP contribution is -2.34. The van der Waals surface area contributed by atoms with Gasteiger partial charge in [0.05, 0.1) is 6.04 Å². The van der Waals surface area contributed by atoms with Gasteiger partial charge in [0.25, 0.3) is 0 Å². The highest BCUT2D eigenvalue weighted by molar-refractivity contribution is 5.47. The van der Waals surface area contributed by atoms with Gasteiger partial charge in [-0.2, -0.15) is 15.0 Å². The Hall–Kier alpha value is -3.15. The maximum atomic E-state index is 4.93. The van der Waals surface area contributed by atoms with E-state index in [0.29, 0.717) is 5.95 Å². The molecule has 5 rings (SSSR count). The Balaban J connectivity index is 1.46. The van der Waals surface area contributed by atoms with Crippen LogP contribution in [0.3, 0.4) is 0 Å². The van der Waals surface area contributed by atoms with E-state index in [4.69, 9.17) is 15.0 Å². The Morgan fingerprint density at radius 1 is 0.636 bits per heavy atom. The molecule has 3 heterocycles. The predicted molar refractivity (Wildman–Crippen MR) is 135 cm³/mol. The average Bonchev–Trinajstić information content (AvgIpc) is 2.90. The quantitative estimate of drug-likeness (QED) is 0.539. The Labute approximate surface area is 197 Å². The molecule has 6 nitrogen and oxygen atoms in total. The SMILES string of the molecule is c1ccc(CC(Nc2nc(N3CCCCC3)nc(N3CCCCC3)n2)c2ccccc2)cc1. The Morgan fingerprint density at radius 2 is 1.15 bits per heavy atom. The number of anilines is 3. The summed E-state index contributed by atoms with van der Waals surface area (Å²) in [6, 6.07) is 21.3. The first-order valence-corrected chi connectivity index (χ1v) is 12.5. The maximum Gasteiger partial charge on any atom is 0.231 e. The summed E-state index contributed by atoms with van der Waals surface area (Å²) in [4.78, 5) is 19.4. The van der Waals surface area contributed by atoms with Crippen LogP contribution in [-0.4, -0.2) is 41.1 Å². The third-order valence-corrected chi connectivity index (χ3v) is 6.68. The van der Waals surface area contributed by atoms with Gasteiger partial charge in [0.2, 0.25) is 17.8 Å². The van der Waals surface area contributed by atoms with Gasteiger partial charge in [0.15, 0.2) is 0 Å². The number of rotatable bonds is 7. The first kappa shape index (κ1) is 21.7. The van der Waals surface area contributed by atoms with E-state index in [1.165, 1.54) is 49.7 Å². The van der Waals surface area contributed by atoms with Gasteiger partial charge in [-0.25, -0.2) is 0 Å². The van der Waals surface area contributed by atoms with Crippen LogP contribution in [0.4, 0.5) is 17.8 Å². The molecule has 1 aromatic heterocycles. The highest BCUT2D eigenvalue weighted by Gasteiger charge is 2.22. The lowest BCUT2D eigenvalue weighted by atomic mass is 9.99. The monoisotopic (exact) mass is 442 g/mol. The minimum absolute atomic E-state index is 0.0828. The molecule has 0 aliphatic carbocycles. The molecule has 2 aliphatic rings. The number of piperidine rings is 2. The van der Waals surface area contributed by atoms with Crippen molar-refractivity contribution in [2.75, 3.05) is 41.3 Å². The van der Waals surface area contributed by atoms with E-state index in [1.54, 1.807) is 0 Å². The number of nitrogens with zero attached hydrogens (tertiary/aromatic N) is 5. The van der Waals surface area contributed by atoms with Crippen molar-refractivity contribution in [2.24, 2.45) is 0 Å². The van der Waals surface area contributed by atoms with E-state index in [-0.39, 0.29) is 6.04 Å². The zero-order chi connectivity index (χ0) is 22.3. The fraction of sp³-hybridized carbons (Fsp3) is 0.444. The molecule has 2 saturated heterocycles. The zero-order valence-electron chi connectivity index (χ0n) is 19.4. The number of hydrogen-bond donors (Lipinski definition) is 1. The molecule has 2 fully saturated rings. The fourth-order valence-electron chi connectivity index (χ4n) is 4.83. The van der Waals surface area contributed by atoms with Crippen molar-refractivity contribution in [2.45, 2.75) is 51.0 Å². The number of hydrogen-bond acceptors (Lipinski definition) is 6. The summed E-state index contributed by atoms with van der Waals surface area (Å²) in [7, 11) is 0. The minimum atomic E-state index is 0.0828. The fourth-order valence-corrected chi connectivity index (χ4v) is 4.83. The summed E-state index contributed by atoms with van der Waals surface area (Å²) in [6.45, 7) is 4.09. The van der Waals surface area contributed by atoms with Gasteiger partial charge in [-0.1, -0.05) is 60.7 Å². The van der Waals surface area contributed by atoms with Gasteiger partial charge in [0.1, 0.15) is 0 Å². The van der Waals surface area contributed by atoms with Crippen LogP contribution in [0.5, 0.6) is 0 Å². The Bertz CT molecular complexity index is 961. The van der Waals surface area contributed by atoms with Crippen molar-refractivity contribution < 1.29 is 0 Å². The van der Waals surface area contributed by atoms with Crippen LogP contribution in [-0.2, 0) is 6.42 Å². The van der Waals surface area contributed by atoms with Gasteiger partial charge < -0.3 is 15.1 Å². The van der Waals surface area contributed by atoms with Gasteiger partial charge in [0, 0.05) is 26.2 Å². The van der Waals surface area contributed by atoms with Crippen LogP contribution in [0.1, 0.15) is 55.7 Å². The molecule has 1 atom stereocenters. The van der Waals surface area contributed by atoms with Crippen molar-refractivity contribution in [1.82, 2.24) is 15.0 Å². The second-order valence-corrected chi connectivity index (χ2v) is 9.15. The molecule has 2 aliphatic heterocycles.